The molecule has 1 aromatic carbocycles. The highest BCUT2D eigenvalue weighted by Crippen LogP contribution is 2.49. The van der Waals surface area contributed by atoms with Gasteiger partial charge in [0.25, 0.3) is 0 Å². The lowest BCUT2D eigenvalue weighted by Crippen LogP contribution is -2.39. The quantitative estimate of drug-likeness (QED) is 0.809. The Bertz CT molecular complexity index is 820. The molecule has 7 heteroatoms. The van der Waals surface area contributed by atoms with Crippen LogP contribution in [0.5, 0.6) is 0 Å². The maximum atomic E-state index is 13.2. The largest absolute Gasteiger partial charge is 0.381 e. The van der Waals surface area contributed by atoms with E-state index in [0.29, 0.717) is 11.9 Å². The molecule has 0 bridgehead atoms. The van der Waals surface area contributed by atoms with Crippen molar-refractivity contribution in [2.75, 3.05) is 46.4 Å². The van der Waals surface area contributed by atoms with Crippen molar-refractivity contribution >= 4 is 0 Å². The number of rotatable bonds is 3. The van der Waals surface area contributed by atoms with E-state index in [9.17, 15) is 4.39 Å². The Labute approximate surface area is 164 Å². The number of halogens is 1. The zero-order valence-electron chi connectivity index (χ0n) is 16.3. The van der Waals surface area contributed by atoms with E-state index in [1.165, 1.54) is 12.1 Å². The third-order valence-corrected chi connectivity index (χ3v) is 6.80. The molecule has 0 N–H and O–H groups in total. The van der Waals surface area contributed by atoms with Crippen molar-refractivity contribution in [3.63, 3.8) is 0 Å². The average Bonchev–Trinajstić information content (AvgIpc) is 3.42. The number of hydrogen-bond acceptors (Lipinski definition) is 6. The first kappa shape index (κ1) is 18.2. The molecule has 150 valence electrons. The number of ether oxygens (including phenoxy) is 1. The van der Waals surface area contributed by atoms with Crippen molar-refractivity contribution in [3.05, 3.63) is 36.0 Å². The Morgan fingerprint density at radius 1 is 1.14 bits per heavy atom. The number of benzene rings is 1. The van der Waals surface area contributed by atoms with Crippen molar-refractivity contribution in [1.29, 1.82) is 0 Å². The van der Waals surface area contributed by atoms with Crippen molar-refractivity contribution in [2.45, 2.75) is 31.2 Å². The second-order valence-corrected chi connectivity index (χ2v) is 8.64. The van der Waals surface area contributed by atoms with Gasteiger partial charge in [-0.05, 0) is 57.1 Å². The second-order valence-electron chi connectivity index (χ2n) is 8.64. The Morgan fingerprint density at radius 3 is 2.64 bits per heavy atom. The smallest absolute Gasteiger partial charge is 0.232 e. The zero-order chi connectivity index (χ0) is 19.1. The highest BCUT2D eigenvalue weighted by molar-refractivity contribution is 5.53. The molecule has 0 unspecified atom stereocenters. The van der Waals surface area contributed by atoms with Crippen molar-refractivity contribution in [2.24, 2.45) is 5.41 Å². The first-order chi connectivity index (χ1) is 13.6. The molecular weight excluding hydrogens is 359 g/mol. The standard InChI is InChI=1S/C21H27FN4O2/c1-25-9-8-21(13-25)14-26(17-6-10-27-11-7-17)12-18(21)20-23-19(24-28-20)15-2-4-16(22)5-3-15/h2-5,17-18H,6-14H2,1H3/t18-,21-/m0/s1. The fraction of sp³-hybridized carbons (Fsp3) is 0.619. The number of nitrogens with zero attached hydrogens (tertiary/aromatic N) is 4. The van der Waals surface area contributed by atoms with Crippen LogP contribution < -0.4 is 0 Å². The van der Waals surface area contributed by atoms with Gasteiger partial charge in [0, 0.05) is 49.9 Å². The molecule has 2 atom stereocenters. The molecule has 3 aliphatic rings. The van der Waals surface area contributed by atoms with Crippen LogP contribution in [0.3, 0.4) is 0 Å². The van der Waals surface area contributed by atoms with Crippen LogP contribution in [0.4, 0.5) is 4.39 Å². The van der Waals surface area contributed by atoms with Crippen LogP contribution in [-0.2, 0) is 4.74 Å². The van der Waals surface area contributed by atoms with Crippen LogP contribution in [0.25, 0.3) is 11.4 Å². The summed E-state index contributed by atoms with van der Waals surface area (Å²) in [7, 11) is 2.20. The van der Waals surface area contributed by atoms with E-state index in [1.807, 2.05) is 0 Å². The van der Waals surface area contributed by atoms with Gasteiger partial charge in [0.05, 0.1) is 5.92 Å². The van der Waals surface area contributed by atoms with E-state index >= 15 is 0 Å². The molecule has 3 saturated heterocycles. The van der Waals surface area contributed by atoms with E-state index in [1.54, 1.807) is 12.1 Å². The third-order valence-electron chi connectivity index (χ3n) is 6.80. The molecule has 0 radical (unpaired) electrons. The predicted octanol–water partition coefficient (Wildman–Crippen LogP) is 2.78. The number of likely N-dealkylation sites (tertiary alicyclic amines) is 2. The number of aromatic nitrogens is 2. The Hall–Kier alpha value is -1.83. The fourth-order valence-electron chi connectivity index (χ4n) is 5.29. The highest BCUT2D eigenvalue weighted by atomic mass is 19.1. The zero-order valence-corrected chi connectivity index (χ0v) is 16.3. The lowest BCUT2D eigenvalue weighted by molar-refractivity contribution is 0.0385. The topological polar surface area (TPSA) is 54.6 Å². The summed E-state index contributed by atoms with van der Waals surface area (Å²) in [5, 5.41) is 4.21. The van der Waals surface area contributed by atoms with Crippen LogP contribution >= 0.6 is 0 Å². The lowest BCUT2D eigenvalue weighted by Gasteiger charge is -2.32. The van der Waals surface area contributed by atoms with Gasteiger partial charge in [-0.3, -0.25) is 4.90 Å². The average molecular weight is 386 g/mol. The van der Waals surface area contributed by atoms with Gasteiger partial charge in [-0.25, -0.2) is 4.39 Å². The predicted molar refractivity (Wildman–Crippen MR) is 102 cm³/mol. The molecule has 5 rings (SSSR count). The van der Waals surface area contributed by atoms with E-state index in [4.69, 9.17) is 14.2 Å². The normalized spacial score (nSPS) is 29.9. The molecule has 0 amide bonds. The summed E-state index contributed by atoms with van der Waals surface area (Å²) in [5.41, 5.74) is 0.952. The number of hydrogen-bond donors (Lipinski definition) is 0. The third kappa shape index (κ3) is 3.25. The maximum Gasteiger partial charge on any atom is 0.232 e. The lowest BCUT2D eigenvalue weighted by atomic mass is 9.77. The molecule has 2 aromatic rings. The minimum absolute atomic E-state index is 0.166. The summed E-state index contributed by atoms with van der Waals surface area (Å²) in [6, 6.07) is 6.85. The van der Waals surface area contributed by atoms with Crippen LogP contribution in [0.2, 0.25) is 0 Å². The first-order valence-corrected chi connectivity index (χ1v) is 10.2. The molecule has 1 spiro atoms. The van der Waals surface area contributed by atoms with Gasteiger partial charge in [0.15, 0.2) is 0 Å². The monoisotopic (exact) mass is 386 g/mol. The summed E-state index contributed by atoms with van der Waals surface area (Å²) < 4.78 is 24.6. The molecule has 3 fully saturated rings. The first-order valence-electron chi connectivity index (χ1n) is 10.2. The minimum atomic E-state index is -0.261. The van der Waals surface area contributed by atoms with Gasteiger partial charge in [-0.2, -0.15) is 4.98 Å². The Kier molecular flexibility index (Phi) is 4.69. The van der Waals surface area contributed by atoms with Gasteiger partial charge < -0.3 is 14.2 Å². The molecule has 0 aliphatic carbocycles. The van der Waals surface area contributed by atoms with Crippen molar-refractivity contribution < 1.29 is 13.7 Å². The molecule has 4 heterocycles. The van der Waals surface area contributed by atoms with Crippen molar-refractivity contribution in [3.8, 4) is 11.4 Å². The summed E-state index contributed by atoms with van der Waals surface area (Å²) in [6.45, 7) is 5.93. The van der Waals surface area contributed by atoms with E-state index < -0.39 is 0 Å². The van der Waals surface area contributed by atoms with E-state index in [2.05, 4.69) is 22.0 Å². The van der Waals surface area contributed by atoms with Gasteiger partial charge in [0.2, 0.25) is 11.7 Å². The Balaban J connectivity index is 1.42. The maximum absolute atomic E-state index is 13.2. The second kappa shape index (κ2) is 7.21. The molecule has 6 nitrogen and oxygen atoms in total. The summed E-state index contributed by atoms with van der Waals surface area (Å²) in [4.78, 5) is 9.79. The fourth-order valence-corrected chi connectivity index (χ4v) is 5.29. The van der Waals surface area contributed by atoms with Crippen LogP contribution in [0.1, 0.15) is 31.1 Å². The van der Waals surface area contributed by atoms with Crippen LogP contribution in [0.15, 0.2) is 28.8 Å². The Morgan fingerprint density at radius 2 is 1.93 bits per heavy atom. The minimum Gasteiger partial charge on any atom is -0.381 e. The summed E-state index contributed by atoms with van der Waals surface area (Å²) in [5.74, 6) is 1.25. The molecule has 28 heavy (non-hydrogen) atoms. The van der Waals surface area contributed by atoms with Crippen LogP contribution in [-0.4, -0.2) is 72.4 Å². The van der Waals surface area contributed by atoms with Gasteiger partial charge in [-0.1, -0.05) is 5.16 Å². The molecule has 1 aromatic heterocycles. The SMILES string of the molecule is CN1CC[C@]2(C1)CN(C1CCOCC1)C[C@H]2c1nc(-c2ccc(F)cc2)no1. The summed E-state index contributed by atoms with van der Waals surface area (Å²) in [6.07, 6.45) is 3.36. The van der Waals surface area contributed by atoms with Gasteiger partial charge in [0.1, 0.15) is 5.82 Å². The molecule has 0 saturated carbocycles. The van der Waals surface area contributed by atoms with Crippen LogP contribution in [0, 0.1) is 11.2 Å². The van der Waals surface area contributed by atoms with Gasteiger partial charge in [-0.15, -0.1) is 0 Å². The van der Waals surface area contributed by atoms with Gasteiger partial charge >= 0.3 is 0 Å². The molecule has 3 aliphatic heterocycles. The van der Waals surface area contributed by atoms with E-state index in [-0.39, 0.29) is 17.2 Å². The highest BCUT2D eigenvalue weighted by Gasteiger charge is 2.53. The molecular formula is C21H27FN4O2. The summed E-state index contributed by atoms with van der Waals surface area (Å²) >= 11 is 0. The van der Waals surface area contributed by atoms with Crippen molar-refractivity contribution in [1.82, 2.24) is 19.9 Å². The van der Waals surface area contributed by atoms with E-state index in [0.717, 1.165) is 70.1 Å².